The molecule has 0 aromatic heterocycles. The molecule has 1 aliphatic heterocycles. The number of hydrogen-bond donors (Lipinski definition) is 1. The zero-order chi connectivity index (χ0) is 12.6. The first-order valence-corrected chi connectivity index (χ1v) is 5.13. The van der Waals surface area contributed by atoms with Crippen LogP contribution in [0.2, 0.25) is 0 Å². The largest absolute Gasteiger partial charge is 0.490 e. The molecule has 1 aromatic rings. The van der Waals surface area contributed by atoms with E-state index in [1.807, 2.05) is 0 Å². The summed E-state index contributed by atoms with van der Waals surface area (Å²) in [6.45, 7) is 3.74. The molecule has 1 aliphatic rings. The zero-order valence-electron chi connectivity index (χ0n) is 9.52. The minimum absolute atomic E-state index is 0.0765. The van der Waals surface area contributed by atoms with E-state index in [2.05, 4.69) is 5.32 Å². The highest BCUT2D eigenvalue weighted by atomic mass is 16.6. The van der Waals surface area contributed by atoms with Crippen molar-refractivity contribution < 1.29 is 14.5 Å². The second kappa shape index (κ2) is 3.73. The molecule has 6 heteroatoms. The van der Waals surface area contributed by atoms with Crippen molar-refractivity contribution in [2.75, 3.05) is 11.9 Å². The molecule has 17 heavy (non-hydrogen) atoms. The predicted molar refractivity (Wildman–Crippen MR) is 61.0 cm³/mol. The maximum Gasteiger partial charge on any atom is 0.271 e. The van der Waals surface area contributed by atoms with Crippen LogP contribution < -0.4 is 10.1 Å². The van der Waals surface area contributed by atoms with Gasteiger partial charge in [0.05, 0.1) is 16.0 Å². The highest BCUT2D eigenvalue weighted by Crippen LogP contribution is 2.34. The quantitative estimate of drug-likeness (QED) is 0.596. The summed E-state index contributed by atoms with van der Waals surface area (Å²) in [4.78, 5) is 21.9. The highest BCUT2D eigenvalue weighted by molar-refractivity contribution is 5.97. The van der Waals surface area contributed by atoms with Crippen molar-refractivity contribution in [2.24, 2.45) is 5.41 Å². The van der Waals surface area contributed by atoms with Gasteiger partial charge in [-0.3, -0.25) is 14.9 Å². The van der Waals surface area contributed by atoms with Gasteiger partial charge in [0.15, 0.2) is 0 Å². The number of rotatable bonds is 1. The van der Waals surface area contributed by atoms with Gasteiger partial charge in [0.2, 0.25) is 5.91 Å². The third-order valence-corrected chi connectivity index (χ3v) is 2.63. The molecule has 0 radical (unpaired) electrons. The maximum absolute atomic E-state index is 11.8. The first-order valence-electron chi connectivity index (χ1n) is 5.13. The Kier molecular flexibility index (Phi) is 2.49. The average molecular weight is 236 g/mol. The van der Waals surface area contributed by atoms with E-state index in [9.17, 15) is 14.9 Å². The highest BCUT2D eigenvalue weighted by Gasteiger charge is 2.32. The summed E-state index contributed by atoms with van der Waals surface area (Å²) < 4.78 is 5.46. The van der Waals surface area contributed by atoms with Crippen molar-refractivity contribution >= 4 is 17.3 Å². The SMILES string of the molecule is CC1(C)COc2ccc([N+](=O)[O-])cc2NC1=O. The number of non-ortho nitro benzene ring substituents is 1. The van der Waals surface area contributed by atoms with Gasteiger partial charge in [-0.15, -0.1) is 0 Å². The van der Waals surface area contributed by atoms with Crippen molar-refractivity contribution in [1.29, 1.82) is 0 Å². The van der Waals surface area contributed by atoms with Crippen LogP contribution in [0.15, 0.2) is 18.2 Å². The van der Waals surface area contributed by atoms with Crippen LogP contribution in [-0.4, -0.2) is 17.4 Å². The molecule has 0 spiro atoms. The van der Waals surface area contributed by atoms with Crippen molar-refractivity contribution in [1.82, 2.24) is 0 Å². The normalized spacial score (nSPS) is 17.4. The van der Waals surface area contributed by atoms with Gasteiger partial charge < -0.3 is 10.1 Å². The number of nitrogens with zero attached hydrogens (tertiary/aromatic N) is 1. The van der Waals surface area contributed by atoms with Crippen LogP contribution in [0.3, 0.4) is 0 Å². The van der Waals surface area contributed by atoms with E-state index in [0.29, 0.717) is 11.4 Å². The van der Waals surface area contributed by atoms with E-state index in [1.165, 1.54) is 18.2 Å². The Morgan fingerprint density at radius 2 is 2.18 bits per heavy atom. The number of carbonyl (C=O) groups excluding carboxylic acids is 1. The van der Waals surface area contributed by atoms with E-state index in [4.69, 9.17) is 4.74 Å². The third-order valence-electron chi connectivity index (χ3n) is 2.63. The van der Waals surface area contributed by atoms with Crippen LogP contribution in [0.1, 0.15) is 13.8 Å². The number of ether oxygens (including phenoxy) is 1. The summed E-state index contributed by atoms with van der Waals surface area (Å²) in [7, 11) is 0. The summed E-state index contributed by atoms with van der Waals surface area (Å²) in [6.07, 6.45) is 0. The first-order chi connectivity index (χ1) is 7.90. The monoisotopic (exact) mass is 236 g/mol. The lowest BCUT2D eigenvalue weighted by Gasteiger charge is -2.18. The minimum Gasteiger partial charge on any atom is -0.490 e. The summed E-state index contributed by atoms with van der Waals surface area (Å²) in [5.74, 6) is 0.242. The molecule has 0 saturated carbocycles. The first kappa shape index (κ1) is 11.4. The molecule has 0 unspecified atom stereocenters. The summed E-state index contributed by atoms with van der Waals surface area (Å²) in [5.41, 5.74) is -0.393. The van der Waals surface area contributed by atoms with Crippen LogP contribution in [-0.2, 0) is 4.79 Å². The molecule has 0 fully saturated rings. The molecule has 0 atom stereocenters. The summed E-state index contributed by atoms with van der Waals surface area (Å²) in [5, 5.41) is 13.3. The van der Waals surface area contributed by atoms with Crippen LogP contribution in [0.5, 0.6) is 5.75 Å². The van der Waals surface area contributed by atoms with Crippen LogP contribution in [0.25, 0.3) is 0 Å². The zero-order valence-corrected chi connectivity index (χ0v) is 9.52. The van der Waals surface area contributed by atoms with Gasteiger partial charge in [0, 0.05) is 12.1 Å². The molecular weight excluding hydrogens is 224 g/mol. The number of fused-ring (bicyclic) bond motifs is 1. The molecule has 1 heterocycles. The molecule has 1 aromatic carbocycles. The fourth-order valence-electron chi connectivity index (χ4n) is 1.47. The van der Waals surface area contributed by atoms with E-state index in [0.717, 1.165) is 0 Å². The number of hydrogen-bond acceptors (Lipinski definition) is 4. The van der Waals surface area contributed by atoms with Gasteiger partial charge in [0.1, 0.15) is 12.4 Å². The lowest BCUT2D eigenvalue weighted by atomic mass is 9.94. The number of nitro benzene ring substituents is 1. The average Bonchev–Trinajstić information content (AvgIpc) is 2.36. The van der Waals surface area contributed by atoms with Gasteiger partial charge in [-0.25, -0.2) is 0 Å². The smallest absolute Gasteiger partial charge is 0.271 e. The molecular formula is C11H12N2O4. The Labute approximate surface area is 97.7 Å². The molecule has 90 valence electrons. The Bertz CT molecular complexity index is 496. The standard InChI is InChI=1S/C11H12N2O4/c1-11(2)6-17-9-4-3-7(13(15)16)5-8(9)12-10(11)14/h3-5H,6H2,1-2H3,(H,12,14). The van der Waals surface area contributed by atoms with E-state index >= 15 is 0 Å². The van der Waals surface area contributed by atoms with Gasteiger partial charge in [-0.2, -0.15) is 0 Å². The Morgan fingerprint density at radius 3 is 2.82 bits per heavy atom. The van der Waals surface area contributed by atoms with Gasteiger partial charge in [-0.05, 0) is 19.9 Å². The topological polar surface area (TPSA) is 81.5 Å². The Balaban J connectivity index is 2.41. The molecule has 1 amide bonds. The number of amides is 1. The number of nitrogens with one attached hydrogen (secondary N) is 1. The van der Waals surface area contributed by atoms with Crippen LogP contribution in [0.4, 0.5) is 11.4 Å². The second-order valence-corrected chi connectivity index (χ2v) is 4.56. The van der Waals surface area contributed by atoms with Crippen molar-refractivity contribution in [3.05, 3.63) is 28.3 Å². The molecule has 1 N–H and O–H groups in total. The second-order valence-electron chi connectivity index (χ2n) is 4.56. The third kappa shape index (κ3) is 2.06. The lowest BCUT2D eigenvalue weighted by molar-refractivity contribution is -0.384. The molecule has 2 rings (SSSR count). The fraction of sp³-hybridized carbons (Fsp3) is 0.364. The van der Waals surface area contributed by atoms with Gasteiger partial charge in [-0.1, -0.05) is 0 Å². The molecule has 0 saturated heterocycles. The van der Waals surface area contributed by atoms with Crippen molar-refractivity contribution in [3.63, 3.8) is 0 Å². The van der Waals surface area contributed by atoms with E-state index in [1.54, 1.807) is 13.8 Å². The van der Waals surface area contributed by atoms with Gasteiger partial charge in [0.25, 0.3) is 5.69 Å². The maximum atomic E-state index is 11.8. The van der Waals surface area contributed by atoms with E-state index < -0.39 is 10.3 Å². The summed E-state index contributed by atoms with van der Waals surface area (Å²) >= 11 is 0. The van der Waals surface area contributed by atoms with Gasteiger partial charge >= 0.3 is 0 Å². The minimum atomic E-state index is -0.659. The van der Waals surface area contributed by atoms with Crippen molar-refractivity contribution in [2.45, 2.75) is 13.8 Å². The van der Waals surface area contributed by atoms with Crippen molar-refractivity contribution in [3.8, 4) is 5.75 Å². The number of nitro groups is 1. The number of anilines is 1. The van der Waals surface area contributed by atoms with Crippen LogP contribution in [0, 0.1) is 15.5 Å². The lowest BCUT2D eigenvalue weighted by Crippen LogP contribution is -2.33. The Morgan fingerprint density at radius 1 is 1.47 bits per heavy atom. The fourth-order valence-corrected chi connectivity index (χ4v) is 1.47. The number of carbonyl (C=O) groups is 1. The molecule has 6 nitrogen and oxygen atoms in total. The molecule has 0 aliphatic carbocycles. The predicted octanol–water partition coefficient (Wildman–Crippen LogP) is 1.95. The summed E-state index contributed by atoms with van der Waals surface area (Å²) in [6, 6.07) is 4.15. The van der Waals surface area contributed by atoms with E-state index in [-0.39, 0.29) is 18.2 Å². The number of benzene rings is 1. The molecule has 0 bridgehead atoms. The Hall–Kier alpha value is -2.11. The van der Waals surface area contributed by atoms with Crippen LogP contribution >= 0.6 is 0 Å².